The Hall–Kier alpha value is -2.12. The van der Waals surface area contributed by atoms with E-state index in [9.17, 15) is 17.6 Å². The second-order valence-electron chi connectivity index (χ2n) is 6.26. The van der Waals surface area contributed by atoms with Crippen molar-refractivity contribution in [3.8, 4) is 5.75 Å². The molecule has 26 heavy (non-hydrogen) atoms. The molecular weight excluding hydrogens is 348 g/mol. The van der Waals surface area contributed by atoms with Crippen molar-refractivity contribution in [3.05, 3.63) is 65.0 Å². The minimum absolute atomic E-state index is 0.229. The number of benzene rings is 2. The average Bonchev–Trinajstić information content (AvgIpc) is 2.60. The Balaban J connectivity index is 1.96. The lowest BCUT2D eigenvalue weighted by molar-refractivity contribution is -0.274. The first-order valence-corrected chi connectivity index (χ1v) is 8.40. The lowest BCUT2D eigenvalue weighted by atomic mass is 9.93. The van der Waals surface area contributed by atoms with E-state index in [2.05, 4.69) is 15.0 Å². The number of alkyl halides is 3. The van der Waals surface area contributed by atoms with Crippen LogP contribution in [0.1, 0.15) is 22.7 Å². The Bertz CT molecular complexity index is 740. The Morgan fingerprint density at radius 2 is 1.69 bits per heavy atom. The zero-order chi connectivity index (χ0) is 18.7. The van der Waals surface area contributed by atoms with Gasteiger partial charge in [-0.1, -0.05) is 24.3 Å². The van der Waals surface area contributed by atoms with E-state index >= 15 is 0 Å². The summed E-state index contributed by atoms with van der Waals surface area (Å²) in [6.45, 7) is 4.87. The van der Waals surface area contributed by atoms with Crippen LogP contribution in [0.2, 0.25) is 0 Å². The highest BCUT2D eigenvalue weighted by molar-refractivity contribution is 5.39. The number of nitrogens with zero attached hydrogens (tertiary/aromatic N) is 1. The summed E-state index contributed by atoms with van der Waals surface area (Å²) in [5.74, 6) is -0.559. The van der Waals surface area contributed by atoms with Gasteiger partial charge in [0.1, 0.15) is 11.6 Å². The number of halogens is 4. The van der Waals surface area contributed by atoms with Crippen LogP contribution in [0.25, 0.3) is 0 Å². The van der Waals surface area contributed by atoms with E-state index in [1.165, 1.54) is 18.2 Å². The molecule has 140 valence electrons. The molecule has 2 aromatic carbocycles. The van der Waals surface area contributed by atoms with Gasteiger partial charge in [0, 0.05) is 26.2 Å². The van der Waals surface area contributed by atoms with Crippen LogP contribution in [0.15, 0.2) is 42.5 Å². The van der Waals surface area contributed by atoms with Crippen LogP contribution < -0.4 is 10.1 Å². The third-order valence-corrected chi connectivity index (χ3v) is 4.55. The van der Waals surface area contributed by atoms with Crippen LogP contribution in [-0.4, -0.2) is 37.4 Å². The van der Waals surface area contributed by atoms with E-state index in [4.69, 9.17) is 0 Å². The van der Waals surface area contributed by atoms with Gasteiger partial charge in [-0.05, 0) is 41.8 Å². The van der Waals surface area contributed by atoms with Crippen LogP contribution in [-0.2, 0) is 0 Å². The number of hydrogen-bond donors (Lipinski definition) is 1. The highest BCUT2D eigenvalue weighted by Crippen LogP contribution is 2.33. The molecule has 0 amide bonds. The first-order chi connectivity index (χ1) is 12.3. The molecule has 1 fully saturated rings. The van der Waals surface area contributed by atoms with Gasteiger partial charge in [0.15, 0.2) is 0 Å². The van der Waals surface area contributed by atoms with E-state index in [-0.39, 0.29) is 17.6 Å². The standard InChI is InChI=1S/C19H20F4N2O/c1-13-16(3-2-4-17(13)20)18(25-11-9-24-10-12-25)14-5-7-15(8-6-14)26-19(21,22)23/h2-8,18,24H,9-12H2,1H3/t18-/m0/s1. The summed E-state index contributed by atoms with van der Waals surface area (Å²) < 4.78 is 55.2. The van der Waals surface area contributed by atoms with Crippen molar-refractivity contribution in [2.75, 3.05) is 26.2 Å². The molecule has 1 atom stereocenters. The molecule has 0 bridgehead atoms. The molecule has 1 saturated heterocycles. The Morgan fingerprint density at radius 3 is 2.31 bits per heavy atom. The Labute approximate surface area is 149 Å². The fourth-order valence-corrected chi connectivity index (χ4v) is 3.30. The van der Waals surface area contributed by atoms with Gasteiger partial charge < -0.3 is 10.1 Å². The molecule has 1 N–H and O–H groups in total. The van der Waals surface area contributed by atoms with Crippen LogP contribution in [0.3, 0.4) is 0 Å². The third-order valence-electron chi connectivity index (χ3n) is 4.55. The first-order valence-electron chi connectivity index (χ1n) is 8.40. The Morgan fingerprint density at radius 1 is 1.04 bits per heavy atom. The zero-order valence-electron chi connectivity index (χ0n) is 14.3. The van der Waals surface area contributed by atoms with Crippen molar-refractivity contribution in [2.24, 2.45) is 0 Å². The van der Waals surface area contributed by atoms with Gasteiger partial charge in [0.25, 0.3) is 0 Å². The van der Waals surface area contributed by atoms with Crippen LogP contribution >= 0.6 is 0 Å². The Kier molecular flexibility index (Phi) is 5.48. The number of ether oxygens (including phenoxy) is 1. The molecule has 0 radical (unpaired) electrons. The molecule has 3 rings (SSSR count). The number of nitrogens with one attached hydrogen (secondary N) is 1. The second kappa shape index (κ2) is 7.63. The summed E-state index contributed by atoms with van der Waals surface area (Å²) in [4.78, 5) is 2.21. The van der Waals surface area contributed by atoms with E-state index in [1.807, 2.05) is 6.07 Å². The van der Waals surface area contributed by atoms with Crippen LogP contribution in [0.4, 0.5) is 17.6 Å². The molecule has 2 aromatic rings. The highest BCUT2D eigenvalue weighted by Gasteiger charge is 2.31. The normalized spacial score (nSPS) is 17.1. The molecule has 0 aromatic heterocycles. The fourth-order valence-electron chi connectivity index (χ4n) is 3.30. The maximum Gasteiger partial charge on any atom is 0.573 e. The highest BCUT2D eigenvalue weighted by atomic mass is 19.4. The van der Waals surface area contributed by atoms with Gasteiger partial charge in [0.2, 0.25) is 0 Å². The maximum atomic E-state index is 14.1. The molecule has 1 heterocycles. The van der Waals surface area contributed by atoms with E-state index in [0.717, 1.165) is 37.3 Å². The van der Waals surface area contributed by atoms with Crippen LogP contribution in [0, 0.1) is 12.7 Å². The smallest absolute Gasteiger partial charge is 0.406 e. The van der Waals surface area contributed by atoms with Crippen molar-refractivity contribution in [1.82, 2.24) is 10.2 Å². The first kappa shape index (κ1) is 18.7. The number of piperazine rings is 1. The third kappa shape index (κ3) is 4.34. The average molecular weight is 368 g/mol. The summed E-state index contributed by atoms with van der Waals surface area (Å²) in [7, 11) is 0. The minimum Gasteiger partial charge on any atom is -0.406 e. The fraction of sp³-hybridized carbons (Fsp3) is 0.368. The van der Waals surface area contributed by atoms with Crippen molar-refractivity contribution in [3.63, 3.8) is 0 Å². The lowest BCUT2D eigenvalue weighted by Crippen LogP contribution is -2.45. The van der Waals surface area contributed by atoms with E-state index in [0.29, 0.717) is 5.56 Å². The summed E-state index contributed by atoms with van der Waals surface area (Å²) >= 11 is 0. The number of rotatable bonds is 4. The predicted octanol–water partition coefficient (Wildman–Crippen LogP) is 4.03. The molecule has 1 aliphatic heterocycles. The molecular formula is C19H20F4N2O. The SMILES string of the molecule is Cc1c(F)cccc1[C@H](c1ccc(OC(F)(F)F)cc1)N1CCNCC1. The molecule has 0 spiro atoms. The minimum atomic E-state index is -4.72. The topological polar surface area (TPSA) is 24.5 Å². The summed E-state index contributed by atoms with van der Waals surface area (Å²) in [5.41, 5.74) is 2.16. The van der Waals surface area contributed by atoms with Gasteiger partial charge in [-0.15, -0.1) is 13.2 Å². The van der Waals surface area contributed by atoms with Crippen molar-refractivity contribution >= 4 is 0 Å². The summed E-state index contributed by atoms with van der Waals surface area (Å²) in [6.07, 6.45) is -4.72. The van der Waals surface area contributed by atoms with E-state index in [1.54, 1.807) is 25.1 Å². The quantitative estimate of drug-likeness (QED) is 0.825. The molecule has 3 nitrogen and oxygen atoms in total. The lowest BCUT2D eigenvalue weighted by Gasteiger charge is -2.36. The van der Waals surface area contributed by atoms with Gasteiger partial charge >= 0.3 is 6.36 Å². The van der Waals surface area contributed by atoms with Crippen molar-refractivity contribution < 1.29 is 22.3 Å². The van der Waals surface area contributed by atoms with Gasteiger partial charge in [-0.2, -0.15) is 0 Å². The maximum absolute atomic E-state index is 14.1. The largest absolute Gasteiger partial charge is 0.573 e. The zero-order valence-corrected chi connectivity index (χ0v) is 14.3. The monoisotopic (exact) mass is 368 g/mol. The second-order valence-corrected chi connectivity index (χ2v) is 6.26. The van der Waals surface area contributed by atoms with Gasteiger partial charge in [-0.3, -0.25) is 4.90 Å². The van der Waals surface area contributed by atoms with Crippen molar-refractivity contribution in [2.45, 2.75) is 19.3 Å². The predicted molar refractivity (Wildman–Crippen MR) is 90.5 cm³/mol. The summed E-state index contributed by atoms with van der Waals surface area (Å²) in [5, 5.41) is 3.27. The molecule has 0 unspecified atom stereocenters. The molecule has 7 heteroatoms. The molecule has 0 aliphatic carbocycles. The van der Waals surface area contributed by atoms with E-state index < -0.39 is 6.36 Å². The van der Waals surface area contributed by atoms with Crippen molar-refractivity contribution in [1.29, 1.82) is 0 Å². The summed E-state index contributed by atoms with van der Waals surface area (Å²) in [6, 6.07) is 10.5. The molecule has 0 saturated carbocycles. The molecule has 1 aliphatic rings. The number of hydrogen-bond acceptors (Lipinski definition) is 3. The van der Waals surface area contributed by atoms with Crippen LogP contribution in [0.5, 0.6) is 5.75 Å². The van der Waals surface area contributed by atoms with Gasteiger partial charge in [-0.25, -0.2) is 4.39 Å². The van der Waals surface area contributed by atoms with Gasteiger partial charge in [0.05, 0.1) is 6.04 Å².